The van der Waals surface area contributed by atoms with Crippen molar-refractivity contribution in [1.29, 1.82) is 0 Å². The van der Waals surface area contributed by atoms with Crippen molar-refractivity contribution in [2.45, 2.75) is 0 Å². The van der Waals surface area contributed by atoms with Crippen LogP contribution in [-0.2, 0) is 4.79 Å². The van der Waals surface area contributed by atoms with E-state index in [9.17, 15) is 4.79 Å². The number of anilines is 1. The second-order valence-corrected chi connectivity index (χ2v) is 8.33. The number of nitrogens with zero attached hydrogens (tertiary/aromatic N) is 3. The molecule has 156 valence electrons. The fraction of sp³-hybridized carbons (Fsp3) is 0.150. The standard InChI is InChI=1S/C20H17Cl3N4O2S/c1-2-7-27-11-19(29-17-5-3-13(21)4-6-17)25-20(26-27)30-12-18(28)24-16-9-14(22)8-15(23)10-16/h2-6,8-10H,1,7,11-12H2,(H,24,28). The molecular formula is C20H17Cl3N4O2S. The molecule has 1 N–H and O–H groups in total. The number of hydrogen-bond donors (Lipinski definition) is 1. The van der Waals surface area contributed by atoms with E-state index in [1.54, 1.807) is 53.5 Å². The largest absolute Gasteiger partial charge is 0.441 e. The summed E-state index contributed by atoms with van der Waals surface area (Å²) in [6, 6.07) is 11.8. The Morgan fingerprint density at radius 2 is 1.87 bits per heavy atom. The number of benzene rings is 2. The molecule has 1 aliphatic rings. The average molecular weight is 484 g/mol. The first-order valence-corrected chi connectivity index (χ1v) is 10.9. The number of amidine groups is 1. The first-order valence-electron chi connectivity index (χ1n) is 8.75. The fourth-order valence-electron chi connectivity index (χ4n) is 2.44. The molecule has 1 heterocycles. The molecule has 1 amide bonds. The molecule has 2 aromatic carbocycles. The SMILES string of the molecule is C=CCN1CC(Oc2ccc(Cl)cc2)=NC(SCC(=O)Nc2cc(Cl)cc(Cl)c2)=N1. The van der Waals surface area contributed by atoms with Gasteiger partial charge in [-0.05, 0) is 42.5 Å². The van der Waals surface area contributed by atoms with Gasteiger partial charge in [-0.2, -0.15) is 4.99 Å². The van der Waals surface area contributed by atoms with Gasteiger partial charge in [0, 0.05) is 20.8 Å². The van der Waals surface area contributed by atoms with Gasteiger partial charge in [-0.3, -0.25) is 9.80 Å². The van der Waals surface area contributed by atoms with Gasteiger partial charge in [0.1, 0.15) is 12.3 Å². The molecule has 3 rings (SSSR count). The maximum atomic E-state index is 12.3. The fourth-order valence-corrected chi connectivity index (χ4v) is 3.76. The van der Waals surface area contributed by atoms with Crippen LogP contribution in [0.25, 0.3) is 0 Å². The van der Waals surface area contributed by atoms with Gasteiger partial charge in [0.25, 0.3) is 0 Å². The van der Waals surface area contributed by atoms with Crippen LogP contribution in [0.1, 0.15) is 0 Å². The van der Waals surface area contributed by atoms with Gasteiger partial charge >= 0.3 is 0 Å². The van der Waals surface area contributed by atoms with Gasteiger partial charge in [-0.1, -0.05) is 52.6 Å². The lowest BCUT2D eigenvalue weighted by Gasteiger charge is -2.23. The summed E-state index contributed by atoms with van der Waals surface area (Å²) in [6.07, 6.45) is 1.73. The number of carbonyl (C=O) groups is 1. The zero-order valence-corrected chi connectivity index (χ0v) is 18.7. The lowest BCUT2D eigenvalue weighted by atomic mass is 10.3. The summed E-state index contributed by atoms with van der Waals surface area (Å²) in [4.78, 5) is 16.7. The van der Waals surface area contributed by atoms with Crippen molar-refractivity contribution in [1.82, 2.24) is 5.01 Å². The number of aliphatic imine (C=N–C) groups is 1. The molecular weight excluding hydrogens is 467 g/mol. The Kier molecular flexibility index (Phi) is 8.04. The molecule has 6 nitrogen and oxygen atoms in total. The number of amides is 1. The van der Waals surface area contributed by atoms with Gasteiger partial charge in [-0.15, -0.1) is 11.7 Å². The highest BCUT2D eigenvalue weighted by Gasteiger charge is 2.18. The number of hydrazone groups is 1. The highest BCUT2D eigenvalue weighted by Crippen LogP contribution is 2.23. The van der Waals surface area contributed by atoms with Gasteiger partial charge in [0.2, 0.25) is 17.0 Å². The van der Waals surface area contributed by atoms with Crippen LogP contribution in [0.3, 0.4) is 0 Å². The maximum Gasteiger partial charge on any atom is 0.234 e. The monoisotopic (exact) mass is 482 g/mol. The molecule has 30 heavy (non-hydrogen) atoms. The molecule has 0 fully saturated rings. The van der Waals surface area contributed by atoms with E-state index >= 15 is 0 Å². The minimum atomic E-state index is -0.239. The normalized spacial score (nSPS) is 13.4. The predicted octanol–water partition coefficient (Wildman–Crippen LogP) is 5.57. The van der Waals surface area contributed by atoms with E-state index in [0.717, 1.165) is 0 Å². The number of nitrogens with one attached hydrogen (secondary N) is 1. The first kappa shape index (κ1) is 22.5. The highest BCUT2D eigenvalue weighted by molar-refractivity contribution is 8.14. The molecule has 0 saturated carbocycles. The molecule has 0 aliphatic carbocycles. The van der Waals surface area contributed by atoms with Gasteiger partial charge in [0.05, 0.1) is 12.3 Å². The van der Waals surface area contributed by atoms with Crippen molar-refractivity contribution in [2.24, 2.45) is 10.1 Å². The van der Waals surface area contributed by atoms with Gasteiger partial charge < -0.3 is 10.1 Å². The Hall–Kier alpha value is -2.19. The number of rotatable bonds is 6. The van der Waals surface area contributed by atoms with Crippen LogP contribution in [0.15, 0.2) is 65.2 Å². The van der Waals surface area contributed by atoms with E-state index in [2.05, 4.69) is 22.0 Å². The quantitative estimate of drug-likeness (QED) is 0.546. The molecule has 10 heteroatoms. The number of hydrogen-bond acceptors (Lipinski definition) is 6. The topological polar surface area (TPSA) is 66.3 Å². The first-order chi connectivity index (χ1) is 14.4. The summed E-state index contributed by atoms with van der Waals surface area (Å²) in [5.41, 5.74) is 0.521. The van der Waals surface area contributed by atoms with Gasteiger partial charge in [-0.25, -0.2) is 0 Å². The van der Waals surface area contributed by atoms with Crippen molar-refractivity contribution < 1.29 is 9.53 Å². The number of thioether (sulfide) groups is 1. The van der Waals surface area contributed by atoms with Crippen molar-refractivity contribution in [3.63, 3.8) is 0 Å². The molecule has 0 bridgehead atoms. The van der Waals surface area contributed by atoms with Crippen LogP contribution < -0.4 is 10.1 Å². The maximum absolute atomic E-state index is 12.3. The van der Waals surface area contributed by atoms with Crippen LogP contribution in [0.4, 0.5) is 5.69 Å². The van der Waals surface area contributed by atoms with Gasteiger partial charge in [0.15, 0.2) is 0 Å². The Morgan fingerprint density at radius 1 is 1.17 bits per heavy atom. The zero-order valence-electron chi connectivity index (χ0n) is 15.6. The summed E-state index contributed by atoms with van der Waals surface area (Å²) >= 11 is 19.0. The molecule has 0 unspecified atom stereocenters. The molecule has 0 spiro atoms. The summed E-state index contributed by atoms with van der Waals surface area (Å²) in [6.45, 7) is 4.63. The minimum Gasteiger partial charge on any atom is -0.441 e. The predicted molar refractivity (Wildman–Crippen MR) is 126 cm³/mol. The second-order valence-electron chi connectivity index (χ2n) is 6.07. The number of halogens is 3. The van der Waals surface area contributed by atoms with E-state index in [-0.39, 0.29) is 11.7 Å². The molecule has 2 aromatic rings. The lowest BCUT2D eigenvalue weighted by Crippen LogP contribution is -2.33. The van der Waals surface area contributed by atoms with Crippen molar-refractivity contribution >= 4 is 69.2 Å². The number of ether oxygens (including phenoxy) is 1. The third-order valence-electron chi connectivity index (χ3n) is 3.63. The lowest BCUT2D eigenvalue weighted by molar-refractivity contribution is -0.113. The molecule has 0 aromatic heterocycles. The van der Waals surface area contributed by atoms with Crippen LogP contribution >= 0.6 is 46.6 Å². The van der Waals surface area contributed by atoms with E-state index in [1.165, 1.54) is 11.8 Å². The van der Waals surface area contributed by atoms with Crippen molar-refractivity contribution in [3.8, 4) is 5.75 Å². The second kappa shape index (κ2) is 10.7. The summed E-state index contributed by atoms with van der Waals surface area (Å²) in [5, 5.41) is 10.8. The van der Waals surface area contributed by atoms with Crippen LogP contribution in [0.2, 0.25) is 15.1 Å². The molecule has 0 atom stereocenters. The smallest absolute Gasteiger partial charge is 0.234 e. The third kappa shape index (κ3) is 6.95. The van der Waals surface area contributed by atoms with Crippen LogP contribution in [-0.4, -0.2) is 40.8 Å². The Labute approximate surface area is 193 Å². The Balaban J connectivity index is 1.64. The molecule has 1 aliphatic heterocycles. The summed E-state index contributed by atoms with van der Waals surface area (Å²) < 4.78 is 5.84. The molecule has 0 radical (unpaired) electrons. The van der Waals surface area contributed by atoms with Crippen LogP contribution in [0.5, 0.6) is 5.75 Å². The summed E-state index contributed by atoms with van der Waals surface area (Å²) in [7, 11) is 0. The summed E-state index contributed by atoms with van der Waals surface area (Å²) in [5.74, 6) is 0.928. The number of carbonyl (C=O) groups excluding carboxylic acids is 1. The minimum absolute atomic E-state index is 0.0998. The Bertz CT molecular complexity index is 976. The third-order valence-corrected chi connectivity index (χ3v) is 5.16. The Morgan fingerprint density at radius 3 is 2.53 bits per heavy atom. The van der Waals surface area contributed by atoms with E-state index < -0.39 is 0 Å². The van der Waals surface area contributed by atoms with E-state index in [0.29, 0.717) is 50.7 Å². The molecule has 0 saturated heterocycles. The van der Waals surface area contributed by atoms with Crippen LogP contribution in [0, 0.1) is 0 Å². The van der Waals surface area contributed by atoms with Crippen molar-refractivity contribution in [3.05, 3.63) is 70.2 Å². The van der Waals surface area contributed by atoms with E-state index in [1.807, 2.05) is 0 Å². The zero-order chi connectivity index (χ0) is 21.5. The highest BCUT2D eigenvalue weighted by atomic mass is 35.5. The average Bonchev–Trinajstić information content (AvgIpc) is 2.67. The van der Waals surface area contributed by atoms with E-state index in [4.69, 9.17) is 39.5 Å². The van der Waals surface area contributed by atoms with Crippen molar-refractivity contribution in [2.75, 3.05) is 24.2 Å².